The minimum atomic E-state index is 0.460. The molecule has 17 heavy (non-hydrogen) atoms. The molecule has 0 amide bonds. The van der Waals surface area contributed by atoms with E-state index in [1.54, 1.807) is 0 Å². The van der Waals surface area contributed by atoms with E-state index in [1.165, 1.54) is 11.1 Å². The molecule has 0 bridgehead atoms. The topological polar surface area (TPSA) is 21.3 Å². The highest BCUT2D eigenvalue weighted by Crippen LogP contribution is 2.08. The third-order valence-electron chi connectivity index (χ3n) is 2.94. The first-order valence-electron chi connectivity index (χ1n) is 6.56. The number of benzene rings is 1. The van der Waals surface area contributed by atoms with E-state index in [2.05, 4.69) is 43.4 Å². The van der Waals surface area contributed by atoms with Gasteiger partial charge in [-0.3, -0.25) is 0 Å². The third-order valence-corrected chi connectivity index (χ3v) is 2.94. The third kappa shape index (κ3) is 5.85. The highest BCUT2D eigenvalue weighted by molar-refractivity contribution is 5.22. The van der Waals surface area contributed by atoms with E-state index >= 15 is 0 Å². The van der Waals surface area contributed by atoms with Crippen molar-refractivity contribution < 1.29 is 4.74 Å². The van der Waals surface area contributed by atoms with Gasteiger partial charge in [0.2, 0.25) is 0 Å². The van der Waals surface area contributed by atoms with E-state index in [-0.39, 0.29) is 0 Å². The van der Waals surface area contributed by atoms with Crippen LogP contribution in [-0.4, -0.2) is 26.3 Å². The second kappa shape index (κ2) is 8.26. The van der Waals surface area contributed by atoms with E-state index in [1.807, 2.05) is 7.05 Å². The number of nitrogens with one attached hydrogen (secondary N) is 1. The maximum absolute atomic E-state index is 5.59. The normalized spacial score (nSPS) is 12.6. The molecule has 1 unspecified atom stereocenters. The second-order valence-electron chi connectivity index (χ2n) is 4.59. The van der Waals surface area contributed by atoms with Crippen molar-refractivity contribution >= 4 is 0 Å². The van der Waals surface area contributed by atoms with E-state index in [9.17, 15) is 0 Å². The van der Waals surface area contributed by atoms with E-state index in [0.29, 0.717) is 6.04 Å². The molecule has 0 aliphatic carbocycles. The van der Waals surface area contributed by atoms with Gasteiger partial charge in [-0.05, 0) is 38.8 Å². The summed E-state index contributed by atoms with van der Waals surface area (Å²) < 4.78 is 5.59. The Labute approximate surface area is 105 Å². The summed E-state index contributed by atoms with van der Waals surface area (Å²) in [4.78, 5) is 0. The molecule has 1 N–H and O–H groups in total. The van der Waals surface area contributed by atoms with Crippen LogP contribution in [-0.2, 0) is 11.2 Å². The van der Waals surface area contributed by atoms with Crippen molar-refractivity contribution in [2.45, 2.75) is 39.2 Å². The second-order valence-corrected chi connectivity index (χ2v) is 4.59. The van der Waals surface area contributed by atoms with E-state index in [0.717, 1.165) is 32.5 Å². The molecule has 0 saturated carbocycles. The molecule has 1 rings (SSSR count). The van der Waals surface area contributed by atoms with Gasteiger partial charge in [-0.25, -0.2) is 0 Å². The summed E-state index contributed by atoms with van der Waals surface area (Å²) in [6.07, 6.45) is 3.33. The molecule has 2 nitrogen and oxygen atoms in total. The van der Waals surface area contributed by atoms with Gasteiger partial charge in [0, 0.05) is 12.6 Å². The molecule has 96 valence electrons. The molecule has 2 heteroatoms. The molecule has 0 aliphatic heterocycles. The lowest BCUT2D eigenvalue weighted by Crippen LogP contribution is -2.31. The maximum atomic E-state index is 5.59. The van der Waals surface area contributed by atoms with Crippen LogP contribution in [0.3, 0.4) is 0 Å². The van der Waals surface area contributed by atoms with Crippen LogP contribution in [0.1, 0.15) is 30.9 Å². The fourth-order valence-corrected chi connectivity index (χ4v) is 1.89. The van der Waals surface area contributed by atoms with Gasteiger partial charge in [-0.2, -0.15) is 0 Å². The summed E-state index contributed by atoms with van der Waals surface area (Å²) in [5, 5.41) is 3.32. The van der Waals surface area contributed by atoms with Gasteiger partial charge in [0.25, 0.3) is 0 Å². The van der Waals surface area contributed by atoms with Crippen molar-refractivity contribution in [3.63, 3.8) is 0 Å². The summed E-state index contributed by atoms with van der Waals surface area (Å²) in [7, 11) is 2.01. The van der Waals surface area contributed by atoms with Crippen LogP contribution in [0.25, 0.3) is 0 Å². The number of hydrogen-bond acceptors (Lipinski definition) is 2. The van der Waals surface area contributed by atoms with Crippen LogP contribution in [0.5, 0.6) is 0 Å². The minimum Gasteiger partial charge on any atom is -0.380 e. The SMILES string of the molecule is CCCOCC(CCc1cccc(C)c1)NC. The molecular weight excluding hydrogens is 210 g/mol. The predicted molar refractivity (Wildman–Crippen MR) is 73.5 cm³/mol. The van der Waals surface area contributed by atoms with Crippen molar-refractivity contribution in [3.8, 4) is 0 Å². The summed E-state index contributed by atoms with van der Waals surface area (Å²) >= 11 is 0. The van der Waals surface area contributed by atoms with E-state index in [4.69, 9.17) is 4.74 Å². The zero-order valence-corrected chi connectivity index (χ0v) is 11.3. The average Bonchev–Trinajstić information content (AvgIpc) is 2.34. The maximum Gasteiger partial charge on any atom is 0.0619 e. The van der Waals surface area contributed by atoms with Crippen LogP contribution in [0.2, 0.25) is 0 Å². The van der Waals surface area contributed by atoms with Crippen molar-refractivity contribution in [1.29, 1.82) is 0 Å². The standard InChI is InChI=1S/C15H25NO/c1-4-10-17-12-15(16-3)9-8-14-7-5-6-13(2)11-14/h5-7,11,15-16H,4,8-10,12H2,1-3H3. The molecule has 0 saturated heterocycles. The Hall–Kier alpha value is -0.860. The predicted octanol–water partition coefficient (Wildman–Crippen LogP) is 2.94. The van der Waals surface area contributed by atoms with Gasteiger partial charge in [0.15, 0.2) is 0 Å². The number of rotatable bonds is 8. The number of aryl methyl sites for hydroxylation is 2. The quantitative estimate of drug-likeness (QED) is 0.700. The first kappa shape index (κ1) is 14.2. The monoisotopic (exact) mass is 235 g/mol. The number of hydrogen-bond donors (Lipinski definition) is 1. The lowest BCUT2D eigenvalue weighted by atomic mass is 10.0. The van der Waals surface area contributed by atoms with Crippen LogP contribution >= 0.6 is 0 Å². The fraction of sp³-hybridized carbons (Fsp3) is 0.600. The van der Waals surface area contributed by atoms with Gasteiger partial charge in [-0.15, -0.1) is 0 Å². The molecule has 0 heterocycles. The molecule has 1 aromatic carbocycles. The first-order valence-corrected chi connectivity index (χ1v) is 6.56. The molecule has 1 aromatic rings. The number of ether oxygens (including phenoxy) is 1. The van der Waals surface area contributed by atoms with Gasteiger partial charge in [0.1, 0.15) is 0 Å². The van der Waals surface area contributed by atoms with Crippen LogP contribution < -0.4 is 5.32 Å². The Morgan fingerprint density at radius 3 is 2.82 bits per heavy atom. The molecule has 0 fully saturated rings. The van der Waals surface area contributed by atoms with Gasteiger partial charge in [0.05, 0.1) is 6.61 Å². The first-order chi connectivity index (χ1) is 8.26. The average molecular weight is 235 g/mol. The Morgan fingerprint density at radius 2 is 2.18 bits per heavy atom. The zero-order valence-electron chi connectivity index (χ0n) is 11.3. The highest BCUT2D eigenvalue weighted by Gasteiger charge is 2.06. The minimum absolute atomic E-state index is 0.460. The molecular formula is C15H25NO. The molecule has 0 spiro atoms. The lowest BCUT2D eigenvalue weighted by molar-refractivity contribution is 0.111. The van der Waals surface area contributed by atoms with Gasteiger partial charge >= 0.3 is 0 Å². The van der Waals surface area contributed by atoms with Crippen molar-refractivity contribution in [2.24, 2.45) is 0 Å². The van der Waals surface area contributed by atoms with Crippen LogP contribution in [0.4, 0.5) is 0 Å². The highest BCUT2D eigenvalue weighted by atomic mass is 16.5. The Morgan fingerprint density at radius 1 is 1.35 bits per heavy atom. The summed E-state index contributed by atoms with van der Waals surface area (Å²) in [6, 6.07) is 9.20. The Bertz CT molecular complexity index is 312. The van der Waals surface area contributed by atoms with Crippen molar-refractivity contribution in [3.05, 3.63) is 35.4 Å². The molecule has 0 aliphatic rings. The Kier molecular flexibility index (Phi) is 6.90. The van der Waals surface area contributed by atoms with Crippen LogP contribution in [0.15, 0.2) is 24.3 Å². The summed E-state index contributed by atoms with van der Waals surface area (Å²) in [6.45, 7) is 5.96. The summed E-state index contributed by atoms with van der Waals surface area (Å²) in [5.74, 6) is 0. The van der Waals surface area contributed by atoms with Gasteiger partial charge in [-0.1, -0.05) is 36.8 Å². The Balaban J connectivity index is 2.31. The largest absolute Gasteiger partial charge is 0.380 e. The smallest absolute Gasteiger partial charge is 0.0619 e. The number of likely N-dealkylation sites (N-methyl/N-ethyl adjacent to an activating group) is 1. The van der Waals surface area contributed by atoms with Crippen LogP contribution in [0, 0.1) is 6.92 Å². The fourth-order valence-electron chi connectivity index (χ4n) is 1.89. The van der Waals surface area contributed by atoms with Crippen molar-refractivity contribution in [2.75, 3.05) is 20.3 Å². The zero-order chi connectivity index (χ0) is 12.5. The molecule has 1 atom stereocenters. The van der Waals surface area contributed by atoms with Crippen molar-refractivity contribution in [1.82, 2.24) is 5.32 Å². The summed E-state index contributed by atoms with van der Waals surface area (Å²) in [5.41, 5.74) is 2.76. The van der Waals surface area contributed by atoms with Gasteiger partial charge < -0.3 is 10.1 Å². The van der Waals surface area contributed by atoms with E-state index < -0.39 is 0 Å². The molecule has 0 aromatic heterocycles. The lowest BCUT2D eigenvalue weighted by Gasteiger charge is -2.16. The molecule has 0 radical (unpaired) electrons.